The van der Waals surface area contributed by atoms with E-state index in [2.05, 4.69) is 14.8 Å². The Hall–Kier alpha value is -0.0400. The summed E-state index contributed by atoms with van der Waals surface area (Å²) < 4.78 is 0. The van der Waals surface area contributed by atoms with Crippen molar-refractivity contribution >= 4 is 29.9 Å². The maximum Gasteiger partial charge on any atom is 0.191 e. The number of aliphatic imine (C=N–C) groups is 1. The van der Waals surface area contributed by atoms with Crippen LogP contribution in [0.25, 0.3) is 0 Å². The Morgan fingerprint density at radius 1 is 1.19 bits per heavy atom. The molecule has 2 aliphatic rings. The molecule has 94 valence electrons. The molecule has 2 rings (SSSR count). The zero-order chi connectivity index (χ0) is 10.7. The van der Waals surface area contributed by atoms with Crippen molar-refractivity contribution in [3.05, 3.63) is 0 Å². The molecule has 0 aromatic rings. The van der Waals surface area contributed by atoms with E-state index in [1.165, 1.54) is 38.8 Å². The van der Waals surface area contributed by atoms with Gasteiger partial charge in [0.05, 0.1) is 0 Å². The normalized spacial score (nSPS) is 27.9. The first-order valence-corrected chi connectivity index (χ1v) is 6.02. The second kappa shape index (κ2) is 6.64. The smallest absolute Gasteiger partial charge is 0.191 e. The summed E-state index contributed by atoms with van der Waals surface area (Å²) in [5.74, 6) is 0.703. The molecular weight excluding hydrogens is 315 g/mol. The van der Waals surface area contributed by atoms with Crippen LogP contribution in [-0.2, 0) is 0 Å². The summed E-state index contributed by atoms with van der Waals surface area (Å²) in [4.78, 5) is 8.89. The standard InChI is InChI=1S/C11H22N4.HI/c1-13-11(12)15-8-5-10(9-15)14-6-3-2-4-7-14;/h10H,2-9H2,1H3,(H2,12,13);1H. The lowest BCUT2D eigenvalue weighted by molar-refractivity contribution is 0.169. The molecule has 2 saturated heterocycles. The third kappa shape index (κ3) is 3.23. The second-order valence-corrected chi connectivity index (χ2v) is 4.57. The van der Waals surface area contributed by atoms with Gasteiger partial charge in [-0.3, -0.25) is 9.89 Å². The van der Waals surface area contributed by atoms with Crippen molar-refractivity contribution in [2.75, 3.05) is 33.2 Å². The Morgan fingerprint density at radius 3 is 2.50 bits per heavy atom. The SMILES string of the molecule is CN=C(N)N1CCC(N2CCCCC2)C1.I. The molecule has 0 aromatic carbocycles. The van der Waals surface area contributed by atoms with Gasteiger partial charge >= 0.3 is 0 Å². The first-order chi connectivity index (χ1) is 7.31. The number of halogens is 1. The van der Waals surface area contributed by atoms with E-state index in [1.807, 2.05) is 0 Å². The Bertz CT molecular complexity index is 238. The molecule has 0 radical (unpaired) electrons. The Balaban J connectivity index is 0.00000128. The number of hydrogen-bond acceptors (Lipinski definition) is 2. The van der Waals surface area contributed by atoms with Crippen molar-refractivity contribution in [1.29, 1.82) is 0 Å². The van der Waals surface area contributed by atoms with Gasteiger partial charge < -0.3 is 10.6 Å². The van der Waals surface area contributed by atoms with Crippen molar-refractivity contribution in [2.24, 2.45) is 10.7 Å². The molecule has 0 amide bonds. The minimum atomic E-state index is 0. The monoisotopic (exact) mass is 338 g/mol. The average molecular weight is 338 g/mol. The summed E-state index contributed by atoms with van der Waals surface area (Å²) in [6.07, 6.45) is 5.39. The van der Waals surface area contributed by atoms with Crippen molar-refractivity contribution in [1.82, 2.24) is 9.80 Å². The van der Waals surface area contributed by atoms with Crippen molar-refractivity contribution in [3.8, 4) is 0 Å². The van der Waals surface area contributed by atoms with E-state index < -0.39 is 0 Å². The fourth-order valence-electron chi connectivity index (χ4n) is 2.67. The van der Waals surface area contributed by atoms with E-state index in [-0.39, 0.29) is 24.0 Å². The molecule has 0 bridgehead atoms. The van der Waals surface area contributed by atoms with Crippen molar-refractivity contribution in [3.63, 3.8) is 0 Å². The molecule has 1 unspecified atom stereocenters. The zero-order valence-electron chi connectivity index (χ0n) is 10.1. The predicted octanol–water partition coefficient (Wildman–Crippen LogP) is 1.11. The van der Waals surface area contributed by atoms with E-state index in [0.717, 1.165) is 13.1 Å². The van der Waals surface area contributed by atoms with E-state index in [1.54, 1.807) is 7.05 Å². The second-order valence-electron chi connectivity index (χ2n) is 4.57. The van der Waals surface area contributed by atoms with E-state index >= 15 is 0 Å². The number of piperidine rings is 1. The molecule has 4 nitrogen and oxygen atoms in total. The van der Waals surface area contributed by atoms with E-state index in [4.69, 9.17) is 5.73 Å². The molecule has 0 saturated carbocycles. The van der Waals surface area contributed by atoms with Gasteiger partial charge in [0.15, 0.2) is 5.96 Å². The number of likely N-dealkylation sites (tertiary alicyclic amines) is 2. The molecule has 0 spiro atoms. The van der Waals surface area contributed by atoms with Gasteiger partial charge in [0.25, 0.3) is 0 Å². The number of rotatable bonds is 1. The highest BCUT2D eigenvalue weighted by molar-refractivity contribution is 14.0. The maximum atomic E-state index is 5.83. The van der Waals surface area contributed by atoms with E-state index in [9.17, 15) is 0 Å². The number of nitrogens with zero attached hydrogens (tertiary/aromatic N) is 3. The predicted molar refractivity (Wildman–Crippen MR) is 78.4 cm³/mol. The van der Waals surface area contributed by atoms with Gasteiger partial charge in [-0.2, -0.15) is 0 Å². The molecule has 1 atom stereocenters. The average Bonchev–Trinajstić information content (AvgIpc) is 2.78. The molecule has 2 fully saturated rings. The number of guanidine groups is 1. The van der Waals surface area contributed by atoms with Crippen LogP contribution in [0.3, 0.4) is 0 Å². The van der Waals surface area contributed by atoms with Crippen LogP contribution >= 0.6 is 24.0 Å². The summed E-state index contributed by atoms with van der Waals surface area (Å²) in [5, 5.41) is 0. The summed E-state index contributed by atoms with van der Waals surface area (Å²) in [7, 11) is 1.77. The van der Waals surface area contributed by atoms with Crippen LogP contribution in [0, 0.1) is 0 Å². The number of nitrogens with two attached hydrogens (primary N) is 1. The van der Waals surface area contributed by atoms with Gasteiger partial charge in [0.2, 0.25) is 0 Å². The fourth-order valence-corrected chi connectivity index (χ4v) is 2.67. The van der Waals surface area contributed by atoms with Crippen LogP contribution in [-0.4, -0.2) is 55.0 Å². The molecule has 0 aliphatic carbocycles. The summed E-state index contributed by atoms with van der Waals surface area (Å²) >= 11 is 0. The van der Waals surface area contributed by atoms with E-state index in [0.29, 0.717) is 12.0 Å². The van der Waals surface area contributed by atoms with Gasteiger partial charge in [0, 0.05) is 26.2 Å². The lowest BCUT2D eigenvalue weighted by Gasteiger charge is -2.32. The number of hydrogen-bond donors (Lipinski definition) is 1. The Kier molecular flexibility index (Phi) is 5.82. The van der Waals surface area contributed by atoms with Crippen LogP contribution < -0.4 is 5.73 Å². The first kappa shape index (κ1) is 14.0. The molecule has 2 N–H and O–H groups in total. The highest BCUT2D eigenvalue weighted by Crippen LogP contribution is 2.19. The Labute approximate surface area is 115 Å². The third-order valence-corrected chi connectivity index (χ3v) is 3.62. The highest BCUT2D eigenvalue weighted by Gasteiger charge is 2.28. The minimum Gasteiger partial charge on any atom is -0.370 e. The van der Waals surface area contributed by atoms with Crippen LogP contribution in [0.2, 0.25) is 0 Å². The fraction of sp³-hybridized carbons (Fsp3) is 0.909. The summed E-state index contributed by atoms with van der Waals surface area (Å²) in [6.45, 7) is 4.71. The van der Waals surface area contributed by atoms with Crippen LogP contribution in [0.4, 0.5) is 0 Å². The lowest BCUT2D eigenvalue weighted by atomic mass is 10.1. The first-order valence-electron chi connectivity index (χ1n) is 6.02. The third-order valence-electron chi connectivity index (χ3n) is 3.62. The molecule has 2 aliphatic heterocycles. The molecule has 0 aromatic heterocycles. The molecule has 5 heteroatoms. The topological polar surface area (TPSA) is 44.9 Å². The molecular formula is C11H23IN4. The Morgan fingerprint density at radius 2 is 1.88 bits per heavy atom. The zero-order valence-corrected chi connectivity index (χ0v) is 12.4. The van der Waals surface area contributed by atoms with Gasteiger partial charge in [0.1, 0.15) is 0 Å². The quantitative estimate of drug-likeness (QED) is 0.443. The lowest BCUT2D eigenvalue weighted by Crippen LogP contribution is -2.43. The van der Waals surface area contributed by atoms with Crippen LogP contribution in [0.15, 0.2) is 4.99 Å². The van der Waals surface area contributed by atoms with Gasteiger partial charge in [-0.05, 0) is 32.4 Å². The van der Waals surface area contributed by atoms with Crippen LogP contribution in [0.5, 0.6) is 0 Å². The van der Waals surface area contributed by atoms with Crippen molar-refractivity contribution in [2.45, 2.75) is 31.7 Å². The van der Waals surface area contributed by atoms with Gasteiger partial charge in [-0.25, -0.2) is 0 Å². The highest BCUT2D eigenvalue weighted by atomic mass is 127. The molecule has 2 heterocycles. The van der Waals surface area contributed by atoms with Gasteiger partial charge in [-0.15, -0.1) is 24.0 Å². The summed E-state index contributed by atoms with van der Waals surface area (Å²) in [6, 6.07) is 0.714. The largest absolute Gasteiger partial charge is 0.370 e. The summed E-state index contributed by atoms with van der Waals surface area (Å²) in [5.41, 5.74) is 5.83. The van der Waals surface area contributed by atoms with Crippen LogP contribution in [0.1, 0.15) is 25.7 Å². The minimum absolute atomic E-state index is 0. The molecule has 16 heavy (non-hydrogen) atoms. The maximum absolute atomic E-state index is 5.83. The van der Waals surface area contributed by atoms with Crippen molar-refractivity contribution < 1.29 is 0 Å². The van der Waals surface area contributed by atoms with Gasteiger partial charge in [-0.1, -0.05) is 6.42 Å².